The zero-order valence-corrected chi connectivity index (χ0v) is 15.0. The number of nitrogens with one attached hydrogen (secondary N) is 1. The fourth-order valence-corrected chi connectivity index (χ4v) is 3.06. The lowest BCUT2D eigenvalue weighted by molar-refractivity contribution is 0.0743. The van der Waals surface area contributed by atoms with E-state index >= 15 is 0 Å². The Morgan fingerprint density at radius 3 is 2.50 bits per heavy atom. The number of fused-ring (bicyclic) bond motifs is 1. The van der Waals surface area contributed by atoms with E-state index in [1.54, 1.807) is 37.1 Å². The molecule has 3 rings (SSSR count). The molecule has 0 aliphatic heterocycles. The van der Waals surface area contributed by atoms with Crippen molar-refractivity contribution >= 4 is 16.9 Å². The fraction of sp³-hybridized carbons (Fsp3) is 0.250. The fourth-order valence-electron chi connectivity index (χ4n) is 3.06. The molecule has 1 unspecified atom stereocenters. The maximum absolute atomic E-state index is 12.9. The molecule has 0 aliphatic rings. The molecule has 2 aromatic carbocycles. The van der Waals surface area contributed by atoms with E-state index < -0.39 is 11.1 Å². The van der Waals surface area contributed by atoms with Gasteiger partial charge in [-0.2, -0.15) is 0 Å². The number of carbonyl (C=O) groups excluding carboxylic acids is 1. The van der Waals surface area contributed by atoms with Gasteiger partial charge in [-0.25, -0.2) is 0 Å². The molecular weight excluding hydrogens is 330 g/mol. The average molecular weight is 351 g/mol. The summed E-state index contributed by atoms with van der Waals surface area (Å²) in [5.74, 6) is -0.154. The predicted octanol–water partition coefficient (Wildman–Crippen LogP) is 2.54. The van der Waals surface area contributed by atoms with Crippen molar-refractivity contribution < 1.29 is 4.79 Å². The second-order valence-electron chi connectivity index (χ2n) is 6.24. The highest BCUT2D eigenvalue weighted by atomic mass is 16.2. The van der Waals surface area contributed by atoms with Gasteiger partial charge >= 0.3 is 11.1 Å². The van der Waals surface area contributed by atoms with Crippen molar-refractivity contribution in [3.05, 3.63) is 80.4 Å². The van der Waals surface area contributed by atoms with Gasteiger partial charge < -0.3 is 14.5 Å². The lowest BCUT2D eigenvalue weighted by Crippen LogP contribution is -2.36. The largest absolute Gasteiger partial charge is 0.335 e. The summed E-state index contributed by atoms with van der Waals surface area (Å²) in [6, 6.07) is 14.7. The Hall–Kier alpha value is -3.15. The molecule has 1 heterocycles. The first-order chi connectivity index (χ1) is 12.4. The lowest BCUT2D eigenvalue weighted by Gasteiger charge is -2.25. The van der Waals surface area contributed by atoms with Gasteiger partial charge in [0.2, 0.25) is 0 Å². The van der Waals surface area contributed by atoms with Crippen LogP contribution in [-0.2, 0) is 6.54 Å². The number of aryl methyl sites for hydroxylation is 1. The standard InChI is InChI=1S/C20H21N3O3/c1-4-23-17-11-10-15(12-16(17)21-18(24)20(23)26)19(25)22(3)13(2)14-8-6-5-7-9-14/h5-13H,4H2,1-3H3,(H,21,24). The van der Waals surface area contributed by atoms with Crippen molar-refractivity contribution in [3.63, 3.8) is 0 Å². The Kier molecular flexibility index (Phi) is 4.75. The van der Waals surface area contributed by atoms with Gasteiger partial charge in [0.05, 0.1) is 17.1 Å². The summed E-state index contributed by atoms with van der Waals surface area (Å²) in [6.07, 6.45) is 0. The van der Waals surface area contributed by atoms with Crippen LogP contribution < -0.4 is 11.1 Å². The monoisotopic (exact) mass is 351 g/mol. The molecule has 1 amide bonds. The number of aromatic amines is 1. The van der Waals surface area contributed by atoms with Crippen molar-refractivity contribution in [1.82, 2.24) is 14.5 Å². The van der Waals surface area contributed by atoms with Crippen molar-refractivity contribution in [3.8, 4) is 0 Å². The average Bonchev–Trinajstić information content (AvgIpc) is 2.67. The van der Waals surface area contributed by atoms with E-state index in [1.165, 1.54) is 4.57 Å². The van der Waals surface area contributed by atoms with Gasteiger partial charge in [-0.1, -0.05) is 30.3 Å². The lowest BCUT2D eigenvalue weighted by atomic mass is 10.1. The summed E-state index contributed by atoms with van der Waals surface area (Å²) in [5, 5.41) is 0. The Morgan fingerprint density at radius 1 is 1.15 bits per heavy atom. The molecular formula is C20H21N3O3. The quantitative estimate of drug-likeness (QED) is 0.734. The molecule has 1 atom stereocenters. The van der Waals surface area contributed by atoms with Crippen molar-refractivity contribution in [1.29, 1.82) is 0 Å². The topological polar surface area (TPSA) is 75.2 Å². The number of benzene rings is 2. The number of amides is 1. The zero-order valence-electron chi connectivity index (χ0n) is 15.0. The number of hydrogen-bond donors (Lipinski definition) is 1. The molecule has 26 heavy (non-hydrogen) atoms. The molecule has 3 aromatic rings. The van der Waals surface area contributed by atoms with E-state index in [1.807, 2.05) is 37.3 Å². The van der Waals surface area contributed by atoms with Crippen LogP contribution in [0.1, 0.15) is 35.8 Å². The van der Waals surface area contributed by atoms with Crippen molar-refractivity contribution in [2.45, 2.75) is 26.4 Å². The van der Waals surface area contributed by atoms with E-state index in [9.17, 15) is 14.4 Å². The van der Waals surface area contributed by atoms with Crippen LogP contribution in [0, 0.1) is 0 Å². The van der Waals surface area contributed by atoms with E-state index in [4.69, 9.17) is 0 Å². The molecule has 0 bridgehead atoms. The van der Waals surface area contributed by atoms with Gasteiger partial charge in [0.25, 0.3) is 5.91 Å². The summed E-state index contributed by atoms with van der Waals surface area (Å²) >= 11 is 0. The summed E-state index contributed by atoms with van der Waals surface area (Å²) in [5.41, 5.74) is 1.30. The molecule has 6 heteroatoms. The number of aromatic nitrogens is 2. The maximum atomic E-state index is 12.9. The minimum Gasteiger partial charge on any atom is -0.335 e. The molecule has 6 nitrogen and oxygen atoms in total. The van der Waals surface area contributed by atoms with Gasteiger partial charge in [-0.3, -0.25) is 14.4 Å². The molecule has 0 radical (unpaired) electrons. The molecule has 0 saturated heterocycles. The highest BCUT2D eigenvalue weighted by Crippen LogP contribution is 2.21. The van der Waals surface area contributed by atoms with E-state index in [2.05, 4.69) is 4.98 Å². The third-order valence-corrected chi connectivity index (χ3v) is 4.72. The number of H-pyrrole nitrogens is 1. The third-order valence-electron chi connectivity index (χ3n) is 4.72. The van der Waals surface area contributed by atoms with Crippen LogP contribution >= 0.6 is 0 Å². The first kappa shape index (κ1) is 17.7. The minimum atomic E-state index is -0.685. The SMILES string of the molecule is CCn1c(=O)c(=O)[nH]c2cc(C(=O)N(C)C(C)c3ccccc3)ccc21. The maximum Gasteiger partial charge on any atom is 0.316 e. The molecule has 1 aromatic heterocycles. The molecule has 0 fully saturated rings. The molecule has 1 N–H and O–H groups in total. The van der Waals surface area contributed by atoms with Crippen molar-refractivity contribution in [2.75, 3.05) is 7.05 Å². The Labute approximate surface area is 150 Å². The summed E-state index contributed by atoms with van der Waals surface area (Å²) in [4.78, 5) is 40.9. The van der Waals surface area contributed by atoms with Gasteiger partial charge in [0, 0.05) is 19.2 Å². The molecule has 134 valence electrons. The van der Waals surface area contributed by atoms with Crippen LogP contribution in [0.3, 0.4) is 0 Å². The third kappa shape index (κ3) is 3.06. The smallest absolute Gasteiger partial charge is 0.316 e. The highest BCUT2D eigenvalue weighted by molar-refractivity contribution is 5.97. The minimum absolute atomic E-state index is 0.0944. The summed E-state index contributed by atoms with van der Waals surface area (Å²) in [6.45, 7) is 4.15. The number of nitrogens with zero attached hydrogens (tertiary/aromatic N) is 2. The first-order valence-electron chi connectivity index (χ1n) is 8.53. The van der Waals surface area contributed by atoms with E-state index in [0.29, 0.717) is 23.1 Å². The second kappa shape index (κ2) is 7.00. The van der Waals surface area contributed by atoms with Crippen LogP contribution in [0.25, 0.3) is 11.0 Å². The summed E-state index contributed by atoms with van der Waals surface area (Å²) < 4.78 is 1.40. The van der Waals surface area contributed by atoms with Gasteiger partial charge in [0.1, 0.15) is 0 Å². The summed E-state index contributed by atoms with van der Waals surface area (Å²) in [7, 11) is 1.75. The molecule has 0 spiro atoms. The number of hydrogen-bond acceptors (Lipinski definition) is 3. The van der Waals surface area contributed by atoms with Crippen LogP contribution in [0.5, 0.6) is 0 Å². The Morgan fingerprint density at radius 2 is 1.85 bits per heavy atom. The van der Waals surface area contributed by atoms with Crippen LogP contribution in [0.2, 0.25) is 0 Å². The van der Waals surface area contributed by atoms with E-state index in [0.717, 1.165) is 5.56 Å². The van der Waals surface area contributed by atoms with Crippen LogP contribution in [0.15, 0.2) is 58.1 Å². The van der Waals surface area contributed by atoms with Gasteiger partial charge in [0.15, 0.2) is 0 Å². The molecule has 0 aliphatic carbocycles. The number of rotatable bonds is 4. The van der Waals surface area contributed by atoms with Crippen LogP contribution in [-0.4, -0.2) is 27.4 Å². The predicted molar refractivity (Wildman–Crippen MR) is 101 cm³/mol. The van der Waals surface area contributed by atoms with Gasteiger partial charge in [-0.15, -0.1) is 0 Å². The zero-order chi connectivity index (χ0) is 18.8. The Bertz CT molecular complexity index is 1070. The number of carbonyl (C=O) groups is 1. The second-order valence-corrected chi connectivity index (χ2v) is 6.24. The van der Waals surface area contributed by atoms with E-state index in [-0.39, 0.29) is 11.9 Å². The van der Waals surface area contributed by atoms with Gasteiger partial charge in [-0.05, 0) is 37.6 Å². The highest BCUT2D eigenvalue weighted by Gasteiger charge is 2.19. The van der Waals surface area contributed by atoms with Crippen LogP contribution in [0.4, 0.5) is 0 Å². The first-order valence-corrected chi connectivity index (χ1v) is 8.53. The Balaban J connectivity index is 2.00. The molecule has 0 saturated carbocycles. The normalized spacial score (nSPS) is 12.1. The van der Waals surface area contributed by atoms with Crippen molar-refractivity contribution in [2.24, 2.45) is 0 Å².